The lowest BCUT2D eigenvalue weighted by Crippen LogP contribution is -2.32. The van der Waals surface area contributed by atoms with Crippen LogP contribution in [-0.4, -0.2) is 46.9 Å². The van der Waals surface area contributed by atoms with Crippen molar-refractivity contribution in [1.82, 2.24) is 15.0 Å². The molecule has 0 saturated heterocycles. The third-order valence-electron chi connectivity index (χ3n) is 5.56. The summed E-state index contributed by atoms with van der Waals surface area (Å²) < 4.78 is 5.42. The minimum atomic E-state index is -0.0874. The molecule has 6 heteroatoms. The second-order valence-corrected chi connectivity index (χ2v) is 7.66. The van der Waals surface area contributed by atoms with E-state index in [1.165, 1.54) is 0 Å². The molecule has 0 bridgehead atoms. The van der Waals surface area contributed by atoms with E-state index in [9.17, 15) is 9.59 Å². The molecule has 3 aromatic rings. The number of nitrogens with zero attached hydrogens (tertiary/aromatic N) is 3. The van der Waals surface area contributed by atoms with Gasteiger partial charge < -0.3 is 14.3 Å². The van der Waals surface area contributed by atoms with E-state index in [0.29, 0.717) is 30.8 Å². The Balaban J connectivity index is 1.23. The smallest absolute Gasteiger partial charge is 0.258 e. The number of aromatic nitrogens is 1. The van der Waals surface area contributed by atoms with Crippen LogP contribution >= 0.6 is 0 Å². The fourth-order valence-corrected chi connectivity index (χ4v) is 3.76. The van der Waals surface area contributed by atoms with Gasteiger partial charge in [0.2, 0.25) is 5.91 Å². The van der Waals surface area contributed by atoms with Gasteiger partial charge >= 0.3 is 0 Å². The lowest BCUT2D eigenvalue weighted by Gasteiger charge is -2.20. The molecule has 2 aromatic carbocycles. The van der Waals surface area contributed by atoms with Crippen LogP contribution in [0.1, 0.15) is 34.5 Å². The highest BCUT2D eigenvalue weighted by Gasteiger charge is 2.30. The summed E-state index contributed by atoms with van der Waals surface area (Å²) in [5.41, 5.74) is 3.99. The average Bonchev–Trinajstić information content (AvgIpc) is 3.36. The quantitative estimate of drug-likeness (QED) is 0.552. The molecule has 0 saturated carbocycles. The predicted molar refractivity (Wildman–Crippen MR) is 119 cm³/mol. The normalized spacial score (nSPS) is 12.9. The molecule has 4 rings (SSSR count). The van der Waals surface area contributed by atoms with Crippen molar-refractivity contribution in [3.8, 4) is 11.3 Å². The molecule has 1 aromatic heterocycles. The fraction of sp³-hybridized carbons (Fsp3) is 0.240. The minimum absolute atomic E-state index is 0.000833. The van der Waals surface area contributed by atoms with Gasteiger partial charge in [-0.05, 0) is 12.5 Å². The van der Waals surface area contributed by atoms with E-state index in [-0.39, 0.29) is 18.2 Å². The summed E-state index contributed by atoms with van der Waals surface area (Å²) in [5, 5.41) is 4.12. The monoisotopic (exact) mass is 415 g/mol. The van der Waals surface area contributed by atoms with Crippen molar-refractivity contribution in [1.29, 1.82) is 0 Å². The molecule has 1 aliphatic heterocycles. The molecule has 0 fully saturated rings. The summed E-state index contributed by atoms with van der Waals surface area (Å²) >= 11 is 0. The molecule has 0 aliphatic carbocycles. The van der Waals surface area contributed by atoms with E-state index in [1.807, 2.05) is 54.6 Å². The average molecular weight is 415 g/mol. The molecule has 0 N–H and O–H groups in total. The van der Waals surface area contributed by atoms with Crippen molar-refractivity contribution in [2.45, 2.75) is 19.3 Å². The van der Waals surface area contributed by atoms with Crippen molar-refractivity contribution in [2.75, 3.05) is 20.1 Å². The Bertz CT molecular complexity index is 1070. The molecule has 0 unspecified atom stereocenters. The molecule has 2 amide bonds. The number of carbonyl (C=O) groups excluding carboxylic acids is 2. The van der Waals surface area contributed by atoms with Crippen LogP contribution in [0.3, 0.4) is 0 Å². The van der Waals surface area contributed by atoms with E-state index >= 15 is 0 Å². The highest BCUT2D eigenvalue weighted by molar-refractivity contribution is 6.08. The van der Waals surface area contributed by atoms with Crippen molar-refractivity contribution < 1.29 is 14.1 Å². The van der Waals surface area contributed by atoms with Crippen LogP contribution in [0.4, 0.5) is 0 Å². The summed E-state index contributed by atoms with van der Waals surface area (Å²) in [6.45, 7) is 4.96. The van der Waals surface area contributed by atoms with Crippen LogP contribution in [0, 0.1) is 0 Å². The molecule has 2 heterocycles. The third kappa shape index (κ3) is 4.43. The lowest BCUT2D eigenvalue weighted by atomic mass is 10.1. The maximum atomic E-state index is 12.5. The van der Waals surface area contributed by atoms with Crippen molar-refractivity contribution in [3.05, 3.63) is 84.1 Å². The van der Waals surface area contributed by atoms with Crippen LogP contribution in [0.15, 0.2) is 71.8 Å². The van der Waals surface area contributed by atoms with Gasteiger partial charge in [-0.3, -0.25) is 9.59 Å². The van der Waals surface area contributed by atoms with Gasteiger partial charge in [0.15, 0.2) is 0 Å². The first-order valence-electron chi connectivity index (χ1n) is 10.4. The Labute approximate surface area is 181 Å². The van der Waals surface area contributed by atoms with Gasteiger partial charge in [0.1, 0.15) is 11.5 Å². The van der Waals surface area contributed by atoms with Crippen molar-refractivity contribution in [3.63, 3.8) is 0 Å². The Morgan fingerprint density at radius 1 is 1.10 bits per heavy atom. The Kier molecular flexibility index (Phi) is 5.98. The molecular weight excluding hydrogens is 390 g/mol. The predicted octanol–water partition coefficient (Wildman–Crippen LogP) is 4.25. The zero-order valence-electron chi connectivity index (χ0n) is 17.6. The largest absolute Gasteiger partial charge is 0.361 e. The topological polar surface area (TPSA) is 66.7 Å². The van der Waals surface area contributed by atoms with E-state index in [0.717, 1.165) is 29.0 Å². The van der Waals surface area contributed by atoms with Gasteiger partial charge in [-0.15, -0.1) is 0 Å². The van der Waals surface area contributed by atoms with Crippen LogP contribution in [0.5, 0.6) is 0 Å². The molecule has 0 spiro atoms. The van der Waals surface area contributed by atoms with Crippen LogP contribution in [0.2, 0.25) is 0 Å². The van der Waals surface area contributed by atoms with Gasteiger partial charge in [-0.25, -0.2) is 0 Å². The number of hydrogen-bond donors (Lipinski definition) is 0. The van der Waals surface area contributed by atoms with Gasteiger partial charge in [-0.1, -0.05) is 60.3 Å². The molecule has 6 nitrogen and oxygen atoms in total. The summed E-state index contributed by atoms with van der Waals surface area (Å²) in [4.78, 5) is 28.4. The van der Waals surface area contributed by atoms with E-state index < -0.39 is 0 Å². The first-order chi connectivity index (χ1) is 15.0. The first-order valence-corrected chi connectivity index (χ1v) is 10.4. The van der Waals surface area contributed by atoms with Gasteiger partial charge in [0.25, 0.3) is 5.91 Å². The van der Waals surface area contributed by atoms with Crippen LogP contribution in [0.25, 0.3) is 17.0 Å². The lowest BCUT2D eigenvalue weighted by molar-refractivity contribution is -0.130. The minimum Gasteiger partial charge on any atom is -0.361 e. The Hall–Kier alpha value is -3.67. The maximum absolute atomic E-state index is 12.5. The highest BCUT2D eigenvalue weighted by atomic mass is 16.5. The van der Waals surface area contributed by atoms with Crippen LogP contribution < -0.4 is 0 Å². The maximum Gasteiger partial charge on any atom is 0.258 e. The molecule has 1 aliphatic rings. The van der Waals surface area contributed by atoms with Crippen molar-refractivity contribution >= 4 is 17.5 Å². The number of benzene rings is 2. The molecular formula is C25H25N3O3. The molecule has 31 heavy (non-hydrogen) atoms. The standard InChI is InChI=1S/C25H25N3O3/c1-18-21-12-6-7-13-22(21)25(30)28(18)16-14-24(29)27(2)15-8-11-20-17-23(26-31-20)19-9-4-3-5-10-19/h3-7,9-10,12-13,17H,1,8,11,14-16H2,2H3. The molecule has 158 valence electrons. The second kappa shape index (κ2) is 9.00. The second-order valence-electron chi connectivity index (χ2n) is 7.66. The number of aryl methyl sites for hydroxylation is 1. The first kappa shape index (κ1) is 20.6. The van der Waals surface area contributed by atoms with Gasteiger partial charge in [-0.2, -0.15) is 0 Å². The molecule has 0 atom stereocenters. The Morgan fingerprint density at radius 2 is 1.81 bits per heavy atom. The Morgan fingerprint density at radius 3 is 2.55 bits per heavy atom. The van der Waals surface area contributed by atoms with E-state index in [1.54, 1.807) is 22.9 Å². The zero-order valence-corrected chi connectivity index (χ0v) is 17.6. The summed E-state index contributed by atoms with van der Waals surface area (Å²) in [6.07, 6.45) is 1.73. The van der Waals surface area contributed by atoms with Crippen LogP contribution in [-0.2, 0) is 11.2 Å². The van der Waals surface area contributed by atoms with Gasteiger partial charge in [0.05, 0.1) is 0 Å². The van der Waals surface area contributed by atoms with E-state index in [4.69, 9.17) is 4.52 Å². The van der Waals surface area contributed by atoms with Crippen molar-refractivity contribution in [2.24, 2.45) is 0 Å². The summed E-state index contributed by atoms with van der Waals surface area (Å²) in [5.74, 6) is 0.714. The number of carbonyl (C=O) groups is 2. The zero-order chi connectivity index (χ0) is 21.8. The fourth-order valence-electron chi connectivity index (χ4n) is 3.76. The van der Waals surface area contributed by atoms with Gasteiger partial charge in [0, 0.05) is 61.4 Å². The van der Waals surface area contributed by atoms with E-state index in [2.05, 4.69) is 11.7 Å². The number of rotatable bonds is 8. The highest BCUT2D eigenvalue weighted by Crippen LogP contribution is 2.31. The summed E-state index contributed by atoms with van der Waals surface area (Å²) in [6, 6.07) is 19.2. The third-order valence-corrected chi connectivity index (χ3v) is 5.56. The summed E-state index contributed by atoms with van der Waals surface area (Å²) in [7, 11) is 1.79. The molecule has 0 radical (unpaired) electrons. The number of fused-ring (bicyclic) bond motifs is 1. The SMILES string of the molecule is C=C1c2ccccc2C(=O)N1CCC(=O)N(C)CCCc1cc(-c2ccccc2)no1. The number of hydrogen-bond acceptors (Lipinski definition) is 4. The number of amides is 2.